The molecule has 0 saturated carbocycles. The lowest BCUT2D eigenvalue weighted by Gasteiger charge is -2.17. The Balaban J connectivity index is 1.91. The van der Waals surface area contributed by atoms with E-state index in [0.717, 1.165) is 38.2 Å². The minimum Gasteiger partial charge on any atom is -0.493 e. The van der Waals surface area contributed by atoms with Crippen LogP contribution in [-0.2, 0) is 12.8 Å². The monoisotopic (exact) mass is 257 g/mol. The molecule has 0 aliphatic carbocycles. The molecule has 1 aromatic heterocycles. The van der Waals surface area contributed by atoms with Crippen LogP contribution in [0.4, 0.5) is 0 Å². The van der Waals surface area contributed by atoms with E-state index in [2.05, 4.69) is 33.7 Å². The molecule has 4 heteroatoms. The topological polar surface area (TPSA) is 49.9 Å². The van der Waals surface area contributed by atoms with Crippen LogP contribution in [0.25, 0.3) is 11.1 Å². The number of aromatic nitrogens is 2. The molecule has 0 saturated heterocycles. The third-order valence-corrected chi connectivity index (χ3v) is 3.56. The van der Waals surface area contributed by atoms with Crippen LogP contribution in [0.3, 0.4) is 0 Å². The molecule has 1 aromatic carbocycles. The maximum atomic E-state index is 5.66. The zero-order valence-corrected chi connectivity index (χ0v) is 11.2. The third kappa shape index (κ3) is 2.49. The van der Waals surface area contributed by atoms with Gasteiger partial charge in [-0.15, -0.1) is 0 Å². The minimum atomic E-state index is 0.839. The average molecular weight is 257 g/mol. The van der Waals surface area contributed by atoms with E-state index in [9.17, 15) is 0 Å². The fourth-order valence-electron chi connectivity index (χ4n) is 2.53. The number of ether oxygens (including phenoxy) is 1. The first-order chi connectivity index (χ1) is 9.38. The van der Waals surface area contributed by atoms with Crippen molar-refractivity contribution in [1.29, 1.82) is 0 Å². The first kappa shape index (κ1) is 12.2. The van der Waals surface area contributed by atoms with Crippen molar-refractivity contribution in [2.75, 3.05) is 20.2 Å². The lowest BCUT2D eigenvalue weighted by Crippen LogP contribution is -2.11. The quantitative estimate of drug-likeness (QED) is 0.882. The molecule has 1 aliphatic rings. The highest BCUT2D eigenvalue weighted by molar-refractivity contribution is 5.67. The van der Waals surface area contributed by atoms with Crippen molar-refractivity contribution in [2.24, 2.45) is 0 Å². The van der Waals surface area contributed by atoms with Crippen LogP contribution < -0.4 is 10.1 Å². The Labute approximate surface area is 113 Å². The lowest BCUT2D eigenvalue weighted by molar-refractivity contribution is 0.288. The van der Waals surface area contributed by atoms with E-state index < -0.39 is 0 Å². The highest BCUT2D eigenvalue weighted by atomic mass is 16.5. The van der Waals surface area contributed by atoms with Gasteiger partial charge in [0.1, 0.15) is 5.75 Å². The summed E-state index contributed by atoms with van der Waals surface area (Å²) in [5, 5.41) is 10.4. The maximum absolute atomic E-state index is 5.66. The maximum Gasteiger partial charge on any atom is 0.122 e. The highest BCUT2D eigenvalue weighted by Crippen LogP contribution is 2.31. The molecular formula is C15H19N3O. The van der Waals surface area contributed by atoms with E-state index in [1.807, 2.05) is 13.2 Å². The molecule has 2 aromatic rings. The Morgan fingerprint density at radius 1 is 1.42 bits per heavy atom. The van der Waals surface area contributed by atoms with Gasteiger partial charge in [-0.2, -0.15) is 5.10 Å². The van der Waals surface area contributed by atoms with E-state index in [1.165, 1.54) is 22.4 Å². The van der Waals surface area contributed by atoms with E-state index >= 15 is 0 Å². The Bertz CT molecular complexity index is 562. The summed E-state index contributed by atoms with van der Waals surface area (Å²) in [4.78, 5) is 0. The standard InChI is InChI=1S/C15H19N3O/c1-16-7-6-14-13(10-17-18-14)11-4-5-15-12(9-11)3-2-8-19-15/h4-5,9-10,16H,2-3,6-8H2,1H3,(H,17,18). The number of rotatable bonds is 4. The summed E-state index contributed by atoms with van der Waals surface area (Å²) >= 11 is 0. The number of fused-ring (bicyclic) bond motifs is 1. The van der Waals surface area contributed by atoms with Gasteiger partial charge in [0.2, 0.25) is 0 Å². The van der Waals surface area contributed by atoms with Crippen molar-refractivity contribution in [2.45, 2.75) is 19.3 Å². The van der Waals surface area contributed by atoms with E-state index in [4.69, 9.17) is 4.74 Å². The second kappa shape index (κ2) is 5.45. The van der Waals surface area contributed by atoms with E-state index in [-0.39, 0.29) is 0 Å². The summed E-state index contributed by atoms with van der Waals surface area (Å²) in [5.74, 6) is 1.04. The number of aryl methyl sites for hydroxylation is 1. The smallest absolute Gasteiger partial charge is 0.122 e. The number of nitrogens with one attached hydrogen (secondary N) is 2. The van der Waals surface area contributed by atoms with Gasteiger partial charge in [0, 0.05) is 24.2 Å². The molecule has 0 atom stereocenters. The lowest BCUT2D eigenvalue weighted by atomic mass is 9.98. The molecule has 100 valence electrons. The molecule has 0 amide bonds. The van der Waals surface area contributed by atoms with Gasteiger partial charge in [-0.25, -0.2) is 0 Å². The largest absolute Gasteiger partial charge is 0.493 e. The Morgan fingerprint density at radius 2 is 2.37 bits per heavy atom. The van der Waals surface area contributed by atoms with Gasteiger partial charge < -0.3 is 10.1 Å². The summed E-state index contributed by atoms with van der Waals surface area (Å²) < 4.78 is 5.66. The first-order valence-electron chi connectivity index (χ1n) is 6.81. The van der Waals surface area contributed by atoms with Gasteiger partial charge in [0.15, 0.2) is 0 Å². The zero-order chi connectivity index (χ0) is 13.1. The van der Waals surface area contributed by atoms with Gasteiger partial charge in [0.25, 0.3) is 0 Å². The number of likely N-dealkylation sites (N-methyl/N-ethyl adjacent to an activating group) is 1. The average Bonchev–Trinajstić information content (AvgIpc) is 2.93. The Morgan fingerprint density at radius 3 is 3.26 bits per heavy atom. The summed E-state index contributed by atoms with van der Waals surface area (Å²) in [6.45, 7) is 1.79. The Kier molecular flexibility index (Phi) is 3.51. The molecule has 4 nitrogen and oxygen atoms in total. The molecular weight excluding hydrogens is 238 g/mol. The summed E-state index contributed by atoms with van der Waals surface area (Å²) in [6.07, 6.45) is 5.08. The zero-order valence-electron chi connectivity index (χ0n) is 11.2. The van der Waals surface area contributed by atoms with Crippen LogP contribution in [0.15, 0.2) is 24.4 Å². The van der Waals surface area contributed by atoms with Crippen molar-refractivity contribution in [1.82, 2.24) is 15.5 Å². The van der Waals surface area contributed by atoms with Crippen LogP contribution >= 0.6 is 0 Å². The number of nitrogens with zero attached hydrogens (tertiary/aromatic N) is 1. The van der Waals surface area contributed by atoms with Gasteiger partial charge in [-0.1, -0.05) is 6.07 Å². The van der Waals surface area contributed by atoms with Crippen LogP contribution in [-0.4, -0.2) is 30.4 Å². The number of hydrogen-bond acceptors (Lipinski definition) is 3. The van der Waals surface area contributed by atoms with Crippen LogP contribution in [0, 0.1) is 0 Å². The van der Waals surface area contributed by atoms with Crippen LogP contribution in [0.1, 0.15) is 17.7 Å². The normalized spacial score (nSPS) is 13.9. The van der Waals surface area contributed by atoms with Crippen molar-refractivity contribution >= 4 is 0 Å². The molecule has 0 fully saturated rings. The van der Waals surface area contributed by atoms with Gasteiger partial charge in [-0.05, 0) is 43.1 Å². The van der Waals surface area contributed by atoms with Gasteiger partial charge in [-0.3, -0.25) is 5.10 Å². The predicted molar refractivity (Wildman–Crippen MR) is 75.5 cm³/mol. The summed E-state index contributed by atoms with van der Waals surface area (Å²) in [5.41, 5.74) is 4.92. The SMILES string of the molecule is CNCCc1[nH]ncc1-c1ccc2c(c1)CCCO2. The second-order valence-corrected chi connectivity index (χ2v) is 4.89. The van der Waals surface area contributed by atoms with Crippen molar-refractivity contribution in [3.8, 4) is 16.9 Å². The van der Waals surface area contributed by atoms with Crippen molar-refractivity contribution in [3.63, 3.8) is 0 Å². The molecule has 2 heterocycles. The molecule has 1 aliphatic heterocycles. The summed E-state index contributed by atoms with van der Waals surface area (Å²) in [6, 6.07) is 6.44. The van der Waals surface area contributed by atoms with Crippen molar-refractivity contribution in [3.05, 3.63) is 35.7 Å². The first-order valence-corrected chi connectivity index (χ1v) is 6.81. The number of H-pyrrole nitrogens is 1. The predicted octanol–water partition coefficient (Wildman–Crippen LogP) is 2.16. The number of benzene rings is 1. The third-order valence-electron chi connectivity index (χ3n) is 3.56. The molecule has 19 heavy (non-hydrogen) atoms. The molecule has 2 N–H and O–H groups in total. The fraction of sp³-hybridized carbons (Fsp3) is 0.400. The number of hydrogen-bond donors (Lipinski definition) is 2. The molecule has 0 unspecified atom stereocenters. The Hall–Kier alpha value is -1.81. The molecule has 3 rings (SSSR count). The highest BCUT2D eigenvalue weighted by Gasteiger charge is 2.13. The molecule has 0 bridgehead atoms. The fourth-order valence-corrected chi connectivity index (χ4v) is 2.53. The van der Waals surface area contributed by atoms with Crippen molar-refractivity contribution < 1.29 is 4.74 Å². The summed E-state index contributed by atoms with van der Waals surface area (Å²) in [7, 11) is 1.96. The van der Waals surface area contributed by atoms with E-state index in [1.54, 1.807) is 0 Å². The van der Waals surface area contributed by atoms with Gasteiger partial charge in [0.05, 0.1) is 12.8 Å². The van der Waals surface area contributed by atoms with Crippen LogP contribution in [0.2, 0.25) is 0 Å². The van der Waals surface area contributed by atoms with E-state index in [0.29, 0.717) is 0 Å². The van der Waals surface area contributed by atoms with Gasteiger partial charge >= 0.3 is 0 Å². The number of aromatic amines is 1. The second-order valence-electron chi connectivity index (χ2n) is 4.89. The minimum absolute atomic E-state index is 0.839. The van der Waals surface area contributed by atoms with Crippen LogP contribution in [0.5, 0.6) is 5.75 Å². The molecule has 0 spiro atoms. The molecule has 0 radical (unpaired) electrons.